The van der Waals surface area contributed by atoms with Crippen LogP contribution in [0.2, 0.25) is 0 Å². The summed E-state index contributed by atoms with van der Waals surface area (Å²) >= 11 is 0. The number of hydrogen-bond donors (Lipinski definition) is 1. The number of hydrogen-bond acceptors (Lipinski definition) is 2. The standard InChI is InChI=1S/C12H27NO/c1-5-6-8-13(10-11-14)9-7-12(2,3)4/h14H,5-11H2,1-4H3. The lowest BCUT2D eigenvalue weighted by Crippen LogP contribution is -2.31. The van der Waals surface area contributed by atoms with Gasteiger partial charge in [0.2, 0.25) is 0 Å². The van der Waals surface area contributed by atoms with Crippen molar-refractivity contribution in [2.24, 2.45) is 5.41 Å². The number of unbranched alkanes of at least 4 members (excludes halogenated alkanes) is 1. The minimum atomic E-state index is 0.286. The Morgan fingerprint density at radius 3 is 2.14 bits per heavy atom. The summed E-state index contributed by atoms with van der Waals surface area (Å²) in [7, 11) is 0. The largest absolute Gasteiger partial charge is 0.395 e. The van der Waals surface area contributed by atoms with E-state index in [1.807, 2.05) is 0 Å². The lowest BCUT2D eigenvalue weighted by atomic mass is 9.92. The zero-order valence-corrected chi connectivity index (χ0v) is 10.3. The molecule has 0 aromatic carbocycles. The Morgan fingerprint density at radius 2 is 1.71 bits per heavy atom. The first kappa shape index (κ1) is 13.9. The first-order valence-electron chi connectivity index (χ1n) is 5.83. The highest BCUT2D eigenvalue weighted by Gasteiger charge is 2.12. The maximum absolute atomic E-state index is 8.92. The molecule has 14 heavy (non-hydrogen) atoms. The minimum Gasteiger partial charge on any atom is -0.395 e. The fourth-order valence-electron chi connectivity index (χ4n) is 1.35. The third-order valence-electron chi connectivity index (χ3n) is 2.42. The summed E-state index contributed by atoms with van der Waals surface area (Å²) in [6, 6.07) is 0. The van der Waals surface area contributed by atoms with Crippen molar-refractivity contribution in [3.8, 4) is 0 Å². The molecule has 1 N–H and O–H groups in total. The van der Waals surface area contributed by atoms with E-state index in [1.165, 1.54) is 19.3 Å². The molecule has 2 nitrogen and oxygen atoms in total. The first-order chi connectivity index (χ1) is 6.49. The van der Waals surface area contributed by atoms with Crippen LogP contribution in [0.15, 0.2) is 0 Å². The van der Waals surface area contributed by atoms with Gasteiger partial charge in [0.15, 0.2) is 0 Å². The van der Waals surface area contributed by atoms with Crippen LogP contribution in [-0.2, 0) is 0 Å². The summed E-state index contributed by atoms with van der Waals surface area (Å²) in [5.41, 5.74) is 0.403. The molecule has 0 aliphatic rings. The topological polar surface area (TPSA) is 23.5 Å². The summed E-state index contributed by atoms with van der Waals surface area (Å²) in [6.45, 7) is 12.4. The molecule has 0 bridgehead atoms. The predicted molar refractivity (Wildman–Crippen MR) is 62.5 cm³/mol. The zero-order chi connectivity index (χ0) is 11.0. The average Bonchev–Trinajstić information content (AvgIpc) is 2.08. The van der Waals surface area contributed by atoms with Gasteiger partial charge in [0.1, 0.15) is 0 Å². The second-order valence-corrected chi connectivity index (χ2v) is 5.23. The van der Waals surface area contributed by atoms with Gasteiger partial charge in [-0.15, -0.1) is 0 Å². The highest BCUT2D eigenvalue weighted by molar-refractivity contribution is 4.66. The van der Waals surface area contributed by atoms with Crippen molar-refractivity contribution in [3.63, 3.8) is 0 Å². The summed E-state index contributed by atoms with van der Waals surface area (Å²) in [5, 5.41) is 8.92. The molecule has 2 heteroatoms. The molecule has 0 atom stereocenters. The van der Waals surface area contributed by atoms with E-state index in [9.17, 15) is 0 Å². The van der Waals surface area contributed by atoms with Gasteiger partial charge in [-0.1, -0.05) is 34.1 Å². The summed E-state index contributed by atoms with van der Waals surface area (Å²) in [5.74, 6) is 0. The number of rotatable bonds is 7. The van der Waals surface area contributed by atoms with Crippen LogP contribution in [0.4, 0.5) is 0 Å². The van der Waals surface area contributed by atoms with Crippen LogP contribution in [-0.4, -0.2) is 36.2 Å². The number of aliphatic hydroxyl groups is 1. The molecule has 0 unspecified atom stereocenters. The van der Waals surface area contributed by atoms with Crippen LogP contribution in [0, 0.1) is 5.41 Å². The van der Waals surface area contributed by atoms with E-state index in [-0.39, 0.29) is 6.61 Å². The van der Waals surface area contributed by atoms with Gasteiger partial charge in [-0.2, -0.15) is 0 Å². The summed E-state index contributed by atoms with van der Waals surface area (Å²) in [6.07, 6.45) is 3.68. The highest BCUT2D eigenvalue weighted by Crippen LogP contribution is 2.18. The Hall–Kier alpha value is -0.0800. The van der Waals surface area contributed by atoms with Gasteiger partial charge in [-0.3, -0.25) is 0 Å². The molecular formula is C12H27NO. The molecule has 0 saturated heterocycles. The number of nitrogens with zero attached hydrogens (tertiary/aromatic N) is 1. The third-order valence-corrected chi connectivity index (χ3v) is 2.42. The quantitative estimate of drug-likeness (QED) is 0.684. The van der Waals surface area contributed by atoms with Gasteiger partial charge in [-0.25, -0.2) is 0 Å². The Bertz CT molecular complexity index is 129. The predicted octanol–water partition coefficient (Wildman–Crippen LogP) is 2.52. The van der Waals surface area contributed by atoms with Crippen molar-refractivity contribution >= 4 is 0 Å². The SMILES string of the molecule is CCCCN(CCO)CCC(C)(C)C. The van der Waals surface area contributed by atoms with Crippen molar-refractivity contribution < 1.29 is 5.11 Å². The zero-order valence-electron chi connectivity index (χ0n) is 10.3. The van der Waals surface area contributed by atoms with Crippen LogP contribution < -0.4 is 0 Å². The smallest absolute Gasteiger partial charge is 0.0558 e. The van der Waals surface area contributed by atoms with E-state index in [4.69, 9.17) is 5.11 Å². The van der Waals surface area contributed by atoms with Gasteiger partial charge in [0.25, 0.3) is 0 Å². The average molecular weight is 201 g/mol. The molecule has 0 saturated carbocycles. The molecule has 0 fully saturated rings. The lowest BCUT2D eigenvalue weighted by Gasteiger charge is -2.26. The molecule has 86 valence electrons. The summed E-state index contributed by atoms with van der Waals surface area (Å²) < 4.78 is 0. The minimum absolute atomic E-state index is 0.286. The fourth-order valence-corrected chi connectivity index (χ4v) is 1.35. The third kappa shape index (κ3) is 8.52. The van der Waals surface area contributed by atoms with Crippen LogP contribution in [0.5, 0.6) is 0 Å². The molecule has 0 aromatic rings. The van der Waals surface area contributed by atoms with Gasteiger partial charge >= 0.3 is 0 Å². The van der Waals surface area contributed by atoms with Crippen molar-refractivity contribution in [3.05, 3.63) is 0 Å². The second-order valence-electron chi connectivity index (χ2n) is 5.23. The van der Waals surface area contributed by atoms with Crippen molar-refractivity contribution in [1.29, 1.82) is 0 Å². The number of aliphatic hydroxyl groups excluding tert-OH is 1. The van der Waals surface area contributed by atoms with Gasteiger partial charge in [-0.05, 0) is 31.3 Å². The van der Waals surface area contributed by atoms with Crippen molar-refractivity contribution in [1.82, 2.24) is 4.90 Å². The van der Waals surface area contributed by atoms with Crippen LogP contribution >= 0.6 is 0 Å². The lowest BCUT2D eigenvalue weighted by molar-refractivity contribution is 0.175. The Labute approximate surface area is 89.3 Å². The second kappa shape index (κ2) is 7.24. The van der Waals surface area contributed by atoms with E-state index in [0.717, 1.165) is 19.6 Å². The maximum Gasteiger partial charge on any atom is 0.0558 e. The highest BCUT2D eigenvalue weighted by atomic mass is 16.3. The van der Waals surface area contributed by atoms with E-state index in [1.54, 1.807) is 0 Å². The molecule has 0 radical (unpaired) electrons. The van der Waals surface area contributed by atoms with Crippen molar-refractivity contribution in [2.75, 3.05) is 26.2 Å². The van der Waals surface area contributed by atoms with E-state index < -0.39 is 0 Å². The van der Waals surface area contributed by atoms with Gasteiger partial charge in [0, 0.05) is 6.54 Å². The Balaban J connectivity index is 3.72. The molecule has 0 rings (SSSR count). The van der Waals surface area contributed by atoms with E-state index in [0.29, 0.717) is 5.41 Å². The normalized spacial score (nSPS) is 12.4. The molecule has 0 spiro atoms. The van der Waals surface area contributed by atoms with Gasteiger partial charge < -0.3 is 10.0 Å². The summed E-state index contributed by atoms with van der Waals surface area (Å²) in [4.78, 5) is 2.37. The van der Waals surface area contributed by atoms with Crippen LogP contribution in [0.1, 0.15) is 47.0 Å². The van der Waals surface area contributed by atoms with E-state index >= 15 is 0 Å². The fraction of sp³-hybridized carbons (Fsp3) is 1.00. The first-order valence-corrected chi connectivity index (χ1v) is 5.83. The van der Waals surface area contributed by atoms with Crippen LogP contribution in [0.25, 0.3) is 0 Å². The molecule has 0 amide bonds. The molecule has 0 aliphatic carbocycles. The molecule has 0 aromatic heterocycles. The van der Waals surface area contributed by atoms with Crippen LogP contribution in [0.3, 0.4) is 0 Å². The van der Waals surface area contributed by atoms with Gasteiger partial charge in [0.05, 0.1) is 6.61 Å². The Kier molecular flexibility index (Phi) is 7.20. The molecule has 0 heterocycles. The maximum atomic E-state index is 8.92. The van der Waals surface area contributed by atoms with Crippen molar-refractivity contribution in [2.45, 2.75) is 47.0 Å². The molecule has 0 aliphatic heterocycles. The monoisotopic (exact) mass is 201 g/mol. The van der Waals surface area contributed by atoms with E-state index in [2.05, 4.69) is 32.6 Å². The molecular weight excluding hydrogens is 174 g/mol. The Morgan fingerprint density at radius 1 is 1.07 bits per heavy atom.